The summed E-state index contributed by atoms with van der Waals surface area (Å²) in [7, 11) is 2.95. The number of hydrogen-bond acceptors (Lipinski definition) is 4. The maximum Gasteiger partial charge on any atom is 0.310 e. The molecule has 0 bridgehead atoms. The van der Waals surface area contributed by atoms with Crippen LogP contribution in [0.15, 0.2) is 0 Å². The predicted octanol–water partition coefficient (Wildman–Crippen LogP) is -0.229. The summed E-state index contributed by atoms with van der Waals surface area (Å²) in [6.45, 7) is 0.854. The van der Waals surface area contributed by atoms with E-state index >= 15 is 0 Å². The van der Waals surface area contributed by atoms with Gasteiger partial charge in [-0.1, -0.05) is 0 Å². The van der Waals surface area contributed by atoms with Gasteiger partial charge in [0.05, 0.1) is 13.0 Å². The Kier molecular flexibility index (Phi) is 5.78. The molecule has 0 amide bonds. The molecule has 0 aliphatic rings. The number of nitrogens with two attached hydrogens (primary N) is 1. The Bertz CT molecular complexity index is 116. The molecule has 0 saturated carbocycles. The summed E-state index contributed by atoms with van der Waals surface area (Å²) in [4.78, 5) is 10.9. The predicted molar refractivity (Wildman–Crippen MR) is 41.1 cm³/mol. The molecule has 0 aromatic carbocycles. The summed E-state index contributed by atoms with van der Waals surface area (Å²) in [5.41, 5.74) is 5.33. The van der Waals surface area contributed by atoms with Gasteiger partial charge in [0.2, 0.25) is 0 Å². The van der Waals surface area contributed by atoms with Crippen molar-refractivity contribution in [2.45, 2.75) is 6.42 Å². The Labute approximate surface area is 66.7 Å². The van der Waals surface area contributed by atoms with Crippen LogP contribution in [0.5, 0.6) is 0 Å². The minimum Gasteiger partial charge on any atom is -0.469 e. The average Bonchev–Trinajstić information content (AvgIpc) is 2.05. The van der Waals surface area contributed by atoms with E-state index < -0.39 is 0 Å². The second-order valence-corrected chi connectivity index (χ2v) is 2.24. The summed E-state index contributed by atoms with van der Waals surface area (Å²) in [6, 6.07) is 0. The molecule has 11 heavy (non-hydrogen) atoms. The Hall–Kier alpha value is -0.610. The van der Waals surface area contributed by atoms with Gasteiger partial charge in [0.15, 0.2) is 0 Å². The third kappa shape index (κ3) is 3.95. The topological polar surface area (TPSA) is 61.5 Å². The Morgan fingerprint density at radius 1 is 1.55 bits per heavy atom. The Balaban J connectivity index is 3.65. The van der Waals surface area contributed by atoms with Gasteiger partial charge in [-0.3, -0.25) is 4.79 Å². The smallest absolute Gasteiger partial charge is 0.310 e. The lowest BCUT2D eigenvalue weighted by atomic mass is 10.1. The highest BCUT2D eigenvalue weighted by Crippen LogP contribution is 2.02. The average molecular weight is 161 g/mol. The van der Waals surface area contributed by atoms with Gasteiger partial charge in [-0.25, -0.2) is 0 Å². The molecule has 2 N–H and O–H groups in total. The molecule has 4 nitrogen and oxygen atoms in total. The molecule has 0 aromatic heterocycles. The van der Waals surface area contributed by atoms with Crippen molar-refractivity contribution < 1.29 is 14.3 Å². The first-order valence-electron chi connectivity index (χ1n) is 3.53. The SMILES string of the molecule is COCCC(CN)C(=O)OC. The lowest BCUT2D eigenvalue weighted by molar-refractivity contribution is -0.145. The van der Waals surface area contributed by atoms with Crippen molar-refractivity contribution in [3.05, 3.63) is 0 Å². The first kappa shape index (κ1) is 10.4. The number of esters is 1. The molecule has 0 rings (SSSR count). The van der Waals surface area contributed by atoms with Gasteiger partial charge in [-0.15, -0.1) is 0 Å². The highest BCUT2D eigenvalue weighted by molar-refractivity contribution is 5.72. The summed E-state index contributed by atoms with van der Waals surface area (Å²) in [6.07, 6.45) is 0.625. The number of methoxy groups -OCH3 is 2. The van der Waals surface area contributed by atoms with Gasteiger partial charge in [-0.05, 0) is 6.42 Å². The van der Waals surface area contributed by atoms with Crippen LogP contribution in [-0.4, -0.2) is 33.3 Å². The van der Waals surface area contributed by atoms with Crippen molar-refractivity contribution in [2.75, 3.05) is 27.4 Å². The molecule has 0 fully saturated rings. The third-order valence-corrected chi connectivity index (χ3v) is 1.49. The van der Waals surface area contributed by atoms with Crippen LogP contribution < -0.4 is 5.73 Å². The van der Waals surface area contributed by atoms with Crippen molar-refractivity contribution in [1.82, 2.24) is 0 Å². The van der Waals surface area contributed by atoms with Crippen LogP contribution in [0.4, 0.5) is 0 Å². The number of carbonyl (C=O) groups excluding carboxylic acids is 1. The molecular weight excluding hydrogens is 146 g/mol. The molecule has 0 heterocycles. The number of carbonyl (C=O) groups is 1. The summed E-state index contributed by atoms with van der Waals surface area (Å²) < 4.78 is 9.33. The normalized spacial score (nSPS) is 12.6. The van der Waals surface area contributed by atoms with E-state index in [0.29, 0.717) is 19.6 Å². The molecule has 1 unspecified atom stereocenters. The minimum atomic E-state index is -0.260. The van der Waals surface area contributed by atoms with Crippen molar-refractivity contribution >= 4 is 5.97 Å². The second kappa shape index (κ2) is 6.12. The van der Waals surface area contributed by atoms with E-state index in [4.69, 9.17) is 10.5 Å². The van der Waals surface area contributed by atoms with E-state index in [1.807, 2.05) is 0 Å². The standard InChI is InChI=1S/C7H15NO3/c1-10-4-3-6(5-8)7(9)11-2/h6H,3-5,8H2,1-2H3. The van der Waals surface area contributed by atoms with Gasteiger partial charge in [0, 0.05) is 20.3 Å². The maximum absolute atomic E-state index is 10.9. The van der Waals surface area contributed by atoms with Crippen LogP contribution in [0.1, 0.15) is 6.42 Å². The van der Waals surface area contributed by atoms with Crippen LogP contribution in [0, 0.1) is 5.92 Å². The summed E-state index contributed by atoms with van der Waals surface area (Å²) in [5.74, 6) is -0.482. The van der Waals surface area contributed by atoms with Gasteiger partial charge in [-0.2, -0.15) is 0 Å². The first-order valence-corrected chi connectivity index (χ1v) is 3.53. The van der Waals surface area contributed by atoms with E-state index in [2.05, 4.69) is 4.74 Å². The van der Waals surface area contributed by atoms with Crippen LogP contribution in [0.2, 0.25) is 0 Å². The van der Waals surface area contributed by atoms with Crippen molar-refractivity contribution in [1.29, 1.82) is 0 Å². The lowest BCUT2D eigenvalue weighted by Gasteiger charge is -2.10. The highest BCUT2D eigenvalue weighted by Gasteiger charge is 2.16. The number of hydrogen-bond donors (Lipinski definition) is 1. The van der Waals surface area contributed by atoms with Crippen LogP contribution in [0.25, 0.3) is 0 Å². The van der Waals surface area contributed by atoms with E-state index in [-0.39, 0.29) is 11.9 Å². The fourth-order valence-corrected chi connectivity index (χ4v) is 0.759. The zero-order valence-corrected chi connectivity index (χ0v) is 7.00. The molecule has 0 spiro atoms. The number of ether oxygens (including phenoxy) is 2. The van der Waals surface area contributed by atoms with Gasteiger partial charge in [0.1, 0.15) is 0 Å². The highest BCUT2D eigenvalue weighted by atomic mass is 16.5. The lowest BCUT2D eigenvalue weighted by Crippen LogP contribution is -2.25. The van der Waals surface area contributed by atoms with Gasteiger partial charge >= 0.3 is 5.97 Å². The van der Waals surface area contributed by atoms with Crippen LogP contribution >= 0.6 is 0 Å². The molecule has 4 heteroatoms. The zero-order chi connectivity index (χ0) is 8.69. The van der Waals surface area contributed by atoms with Crippen LogP contribution in [0.3, 0.4) is 0 Å². The molecule has 66 valence electrons. The number of rotatable bonds is 5. The van der Waals surface area contributed by atoms with Gasteiger partial charge < -0.3 is 15.2 Å². The van der Waals surface area contributed by atoms with Gasteiger partial charge in [0.25, 0.3) is 0 Å². The Morgan fingerprint density at radius 2 is 2.18 bits per heavy atom. The monoisotopic (exact) mass is 161 g/mol. The van der Waals surface area contributed by atoms with E-state index in [1.54, 1.807) is 7.11 Å². The maximum atomic E-state index is 10.9. The van der Waals surface area contributed by atoms with Crippen molar-refractivity contribution in [3.63, 3.8) is 0 Å². The molecule has 0 aromatic rings. The Morgan fingerprint density at radius 3 is 2.55 bits per heavy atom. The summed E-state index contributed by atoms with van der Waals surface area (Å²) in [5, 5.41) is 0. The first-order chi connectivity index (χ1) is 5.26. The molecule has 0 saturated heterocycles. The molecule has 1 atom stereocenters. The van der Waals surface area contributed by atoms with Crippen molar-refractivity contribution in [3.8, 4) is 0 Å². The fourth-order valence-electron chi connectivity index (χ4n) is 0.759. The molecule has 0 aliphatic heterocycles. The largest absolute Gasteiger partial charge is 0.469 e. The van der Waals surface area contributed by atoms with Crippen LogP contribution in [-0.2, 0) is 14.3 Å². The zero-order valence-electron chi connectivity index (χ0n) is 7.00. The summed E-state index contributed by atoms with van der Waals surface area (Å²) >= 11 is 0. The second-order valence-electron chi connectivity index (χ2n) is 2.24. The van der Waals surface area contributed by atoms with E-state index in [9.17, 15) is 4.79 Å². The quantitative estimate of drug-likeness (QED) is 0.566. The fraction of sp³-hybridized carbons (Fsp3) is 0.857. The molecular formula is C7H15NO3. The minimum absolute atomic E-state index is 0.222. The van der Waals surface area contributed by atoms with Crippen molar-refractivity contribution in [2.24, 2.45) is 11.7 Å². The third-order valence-electron chi connectivity index (χ3n) is 1.49. The van der Waals surface area contributed by atoms with E-state index in [0.717, 1.165) is 0 Å². The van der Waals surface area contributed by atoms with E-state index in [1.165, 1.54) is 7.11 Å². The molecule has 0 radical (unpaired) electrons. The molecule has 0 aliphatic carbocycles.